The summed E-state index contributed by atoms with van der Waals surface area (Å²) in [5.41, 5.74) is 0. The number of allylic oxidation sites excluding steroid dienone is 1. The molecule has 2 unspecified atom stereocenters. The summed E-state index contributed by atoms with van der Waals surface area (Å²) in [5.74, 6) is -7.41. The Morgan fingerprint density at radius 2 is 1.75 bits per heavy atom. The van der Waals surface area contributed by atoms with Gasteiger partial charge in [-0.2, -0.15) is 22.0 Å². The summed E-state index contributed by atoms with van der Waals surface area (Å²) in [7, 11) is 0. The van der Waals surface area contributed by atoms with Gasteiger partial charge in [0.25, 0.3) is 0 Å². The van der Waals surface area contributed by atoms with Crippen LogP contribution in [0.3, 0.4) is 0 Å². The van der Waals surface area contributed by atoms with Crippen LogP contribution in [0.15, 0.2) is 11.9 Å². The lowest BCUT2D eigenvalue weighted by atomic mass is 9.91. The molecule has 0 radical (unpaired) electrons. The summed E-state index contributed by atoms with van der Waals surface area (Å²) in [6.07, 6.45) is -3.88. The molecule has 1 rings (SSSR count). The number of alkyl halides is 3. The Kier molecular flexibility index (Phi) is 4.96. The second-order valence-corrected chi connectivity index (χ2v) is 4.58. The lowest BCUT2D eigenvalue weighted by Crippen LogP contribution is -2.26. The largest absolute Gasteiger partial charge is 0.381 e. The van der Waals surface area contributed by atoms with Crippen molar-refractivity contribution >= 4 is 22.6 Å². The third-order valence-corrected chi connectivity index (χ3v) is 3.67. The van der Waals surface area contributed by atoms with E-state index in [9.17, 15) is 22.0 Å². The number of rotatable bonds is 4. The molecule has 0 aromatic carbocycles. The molecule has 7 heteroatoms. The van der Waals surface area contributed by atoms with Crippen LogP contribution < -0.4 is 0 Å². The summed E-state index contributed by atoms with van der Waals surface area (Å²) in [5, 5.41) is 0. The Morgan fingerprint density at radius 3 is 2.25 bits per heavy atom. The maximum atomic E-state index is 13.1. The molecule has 0 aliphatic carbocycles. The molecule has 1 heterocycles. The van der Waals surface area contributed by atoms with E-state index in [1.165, 1.54) is 0 Å². The molecular formula is C9H10F5IO. The standard InChI is InChI=1S/C9H10F5IO/c10-7(8(11)12)9(13,14)1-5-3-16-4-6(5)2-15/h5-6H,1-4H2. The first-order valence-corrected chi connectivity index (χ1v) is 6.13. The monoisotopic (exact) mass is 356 g/mol. The number of ether oxygens (including phenoxy) is 1. The highest BCUT2D eigenvalue weighted by Crippen LogP contribution is 2.39. The van der Waals surface area contributed by atoms with Crippen molar-refractivity contribution in [3.63, 3.8) is 0 Å². The second-order valence-electron chi connectivity index (χ2n) is 3.69. The molecule has 16 heavy (non-hydrogen) atoms. The van der Waals surface area contributed by atoms with Crippen LogP contribution in [0.5, 0.6) is 0 Å². The zero-order chi connectivity index (χ0) is 12.3. The van der Waals surface area contributed by atoms with Crippen molar-refractivity contribution in [3.8, 4) is 0 Å². The van der Waals surface area contributed by atoms with Gasteiger partial charge in [0.15, 0.2) is 0 Å². The molecule has 0 aromatic heterocycles. The molecule has 1 aliphatic heterocycles. The van der Waals surface area contributed by atoms with E-state index in [1.807, 2.05) is 22.6 Å². The van der Waals surface area contributed by atoms with E-state index < -0.39 is 30.2 Å². The van der Waals surface area contributed by atoms with Gasteiger partial charge < -0.3 is 4.74 Å². The Balaban J connectivity index is 2.69. The quantitative estimate of drug-likeness (QED) is 0.423. The summed E-state index contributed by atoms with van der Waals surface area (Å²) in [6, 6.07) is 0. The SMILES string of the molecule is FC(F)=C(F)C(F)(F)CC1COCC1CI. The molecule has 1 nitrogen and oxygen atoms in total. The Bertz CT molecular complexity index is 277. The Morgan fingerprint density at radius 1 is 1.19 bits per heavy atom. The van der Waals surface area contributed by atoms with Crippen LogP contribution in [0.1, 0.15) is 6.42 Å². The summed E-state index contributed by atoms with van der Waals surface area (Å²) in [6.45, 7) is 0.400. The summed E-state index contributed by atoms with van der Waals surface area (Å²) in [4.78, 5) is 0. The summed E-state index contributed by atoms with van der Waals surface area (Å²) >= 11 is 2.01. The van der Waals surface area contributed by atoms with Crippen molar-refractivity contribution in [2.45, 2.75) is 12.3 Å². The van der Waals surface area contributed by atoms with E-state index in [4.69, 9.17) is 4.74 Å². The topological polar surface area (TPSA) is 9.23 Å². The highest BCUT2D eigenvalue weighted by molar-refractivity contribution is 14.1. The number of hydrogen-bond donors (Lipinski definition) is 0. The van der Waals surface area contributed by atoms with Gasteiger partial charge in [-0.15, -0.1) is 0 Å². The minimum atomic E-state index is -4.10. The fourth-order valence-electron chi connectivity index (χ4n) is 1.60. The van der Waals surface area contributed by atoms with Crippen LogP contribution in [0.25, 0.3) is 0 Å². The first-order chi connectivity index (χ1) is 7.38. The van der Waals surface area contributed by atoms with Crippen LogP contribution in [-0.4, -0.2) is 23.6 Å². The van der Waals surface area contributed by atoms with Crippen LogP contribution in [0.2, 0.25) is 0 Å². The van der Waals surface area contributed by atoms with Crippen molar-refractivity contribution in [1.29, 1.82) is 0 Å². The molecule has 1 fully saturated rings. The molecular weight excluding hydrogens is 346 g/mol. The van der Waals surface area contributed by atoms with Crippen molar-refractivity contribution < 1.29 is 26.7 Å². The normalized spacial score (nSPS) is 25.9. The van der Waals surface area contributed by atoms with Crippen LogP contribution in [0, 0.1) is 11.8 Å². The number of hydrogen-bond acceptors (Lipinski definition) is 1. The first-order valence-electron chi connectivity index (χ1n) is 4.61. The maximum Gasteiger partial charge on any atom is 0.307 e. The third-order valence-electron chi connectivity index (χ3n) is 2.53. The average Bonchev–Trinajstić information content (AvgIpc) is 2.63. The molecule has 1 saturated heterocycles. The lowest BCUT2D eigenvalue weighted by Gasteiger charge is -2.20. The Hall–Kier alpha value is 0.0800. The summed E-state index contributed by atoms with van der Waals surface area (Å²) < 4.78 is 67.7. The van der Waals surface area contributed by atoms with Gasteiger partial charge in [-0.25, -0.2) is 0 Å². The highest BCUT2D eigenvalue weighted by atomic mass is 127. The molecule has 1 aliphatic rings. The zero-order valence-electron chi connectivity index (χ0n) is 8.16. The van der Waals surface area contributed by atoms with E-state index >= 15 is 0 Å². The van der Waals surface area contributed by atoms with Gasteiger partial charge >= 0.3 is 12.0 Å². The molecule has 2 atom stereocenters. The van der Waals surface area contributed by atoms with Gasteiger partial charge in [0.1, 0.15) is 0 Å². The fourth-order valence-corrected chi connectivity index (χ4v) is 2.57. The first kappa shape index (κ1) is 14.1. The van der Waals surface area contributed by atoms with Gasteiger partial charge in [-0.3, -0.25) is 0 Å². The Labute approximate surface area is 103 Å². The van der Waals surface area contributed by atoms with Crippen molar-refractivity contribution in [1.82, 2.24) is 0 Å². The molecule has 0 aromatic rings. The minimum absolute atomic E-state index is 0.0739. The van der Waals surface area contributed by atoms with Crippen molar-refractivity contribution in [2.24, 2.45) is 11.8 Å². The van der Waals surface area contributed by atoms with E-state index in [0.29, 0.717) is 11.0 Å². The van der Waals surface area contributed by atoms with Gasteiger partial charge in [-0.1, -0.05) is 22.6 Å². The van der Waals surface area contributed by atoms with E-state index in [0.717, 1.165) is 0 Å². The van der Waals surface area contributed by atoms with Gasteiger partial charge in [0.2, 0.25) is 5.83 Å². The van der Waals surface area contributed by atoms with Gasteiger partial charge in [0.05, 0.1) is 13.2 Å². The predicted octanol–water partition coefficient (Wildman–Crippen LogP) is 3.79. The van der Waals surface area contributed by atoms with E-state index in [-0.39, 0.29) is 12.5 Å². The molecule has 0 N–H and O–H groups in total. The third kappa shape index (κ3) is 3.28. The predicted molar refractivity (Wildman–Crippen MR) is 56.6 cm³/mol. The van der Waals surface area contributed by atoms with Crippen LogP contribution in [-0.2, 0) is 4.74 Å². The zero-order valence-corrected chi connectivity index (χ0v) is 10.3. The van der Waals surface area contributed by atoms with Crippen molar-refractivity contribution in [2.75, 3.05) is 17.6 Å². The molecule has 0 spiro atoms. The van der Waals surface area contributed by atoms with Crippen molar-refractivity contribution in [3.05, 3.63) is 11.9 Å². The molecule has 0 bridgehead atoms. The second kappa shape index (κ2) is 5.61. The smallest absolute Gasteiger partial charge is 0.307 e. The van der Waals surface area contributed by atoms with Gasteiger partial charge in [0, 0.05) is 10.8 Å². The average molecular weight is 356 g/mol. The van der Waals surface area contributed by atoms with E-state index in [1.54, 1.807) is 0 Å². The van der Waals surface area contributed by atoms with Crippen LogP contribution in [0.4, 0.5) is 22.0 Å². The maximum absolute atomic E-state index is 13.1. The number of halogens is 6. The lowest BCUT2D eigenvalue weighted by molar-refractivity contribution is -0.0165. The minimum Gasteiger partial charge on any atom is -0.381 e. The molecule has 0 saturated carbocycles. The van der Waals surface area contributed by atoms with Gasteiger partial charge in [-0.05, 0) is 11.8 Å². The van der Waals surface area contributed by atoms with Crippen LogP contribution >= 0.6 is 22.6 Å². The molecule has 94 valence electrons. The fraction of sp³-hybridized carbons (Fsp3) is 0.778. The molecule has 0 amide bonds. The highest BCUT2D eigenvalue weighted by Gasteiger charge is 2.44. The van der Waals surface area contributed by atoms with E-state index in [2.05, 4.69) is 0 Å².